The number of carbonyl (C=O) groups excluding carboxylic acids is 1. The summed E-state index contributed by atoms with van der Waals surface area (Å²) in [6.07, 6.45) is 0. The Kier molecular flexibility index (Phi) is 6.93. The maximum absolute atomic E-state index is 13.1. The molecule has 3 aromatic rings. The quantitative estimate of drug-likeness (QED) is 0.255. The lowest BCUT2D eigenvalue weighted by atomic mass is 10.3. The van der Waals surface area contributed by atoms with E-state index in [1.807, 2.05) is 0 Å². The molecular formula is C21H21ClN6O5S. The molecule has 0 aliphatic rings. The Bertz CT molecular complexity index is 1490. The lowest BCUT2D eigenvalue weighted by molar-refractivity contribution is -0.114. The highest BCUT2D eigenvalue weighted by molar-refractivity contribution is 7.92. The number of carbonyl (C=O) groups is 1. The van der Waals surface area contributed by atoms with Crippen LogP contribution in [0.1, 0.15) is 12.6 Å². The first-order chi connectivity index (χ1) is 15.9. The molecule has 3 rings (SSSR count). The number of benzene rings is 2. The minimum atomic E-state index is -4.24. The van der Waals surface area contributed by atoms with Crippen molar-refractivity contribution >= 4 is 38.9 Å². The van der Waals surface area contributed by atoms with Crippen LogP contribution in [0.3, 0.4) is 0 Å². The smallest absolute Gasteiger partial charge is 0.296 e. The zero-order valence-electron chi connectivity index (χ0n) is 18.4. The highest BCUT2D eigenvalue weighted by Gasteiger charge is 2.23. The number of sulfonamides is 1. The Morgan fingerprint density at radius 3 is 2.41 bits per heavy atom. The van der Waals surface area contributed by atoms with Gasteiger partial charge in [0.1, 0.15) is 17.1 Å². The van der Waals surface area contributed by atoms with Gasteiger partial charge in [-0.05, 0) is 44.2 Å². The number of aromatic nitrogens is 2. The standard InChI is InChI=1S/C21H21ClN6O5S/c1-12-18(21(31)28(27(12)3)14-7-5-4-6-8-14)26-34(32,33)15-9-10-16(22)17(11-15)24-25-19(13(2)29)20(23)30/h4-11,26,29H,1-3H3,(H2,23,30)/b19-13-,25-24?. The van der Waals surface area contributed by atoms with Crippen molar-refractivity contribution in [3.63, 3.8) is 0 Å². The van der Waals surface area contributed by atoms with Crippen molar-refractivity contribution in [1.82, 2.24) is 9.36 Å². The summed E-state index contributed by atoms with van der Waals surface area (Å²) >= 11 is 6.07. The van der Waals surface area contributed by atoms with Crippen LogP contribution in [0, 0.1) is 6.92 Å². The number of primary amides is 1. The van der Waals surface area contributed by atoms with Crippen molar-refractivity contribution in [2.24, 2.45) is 23.0 Å². The van der Waals surface area contributed by atoms with Crippen LogP contribution in [0.5, 0.6) is 0 Å². The van der Waals surface area contributed by atoms with Crippen LogP contribution >= 0.6 is 11.6 Å². The molecule has 178 valence electrons. The normalized spacial score (nSPS) is 12.6. The first-order valence-corrected chi connectivity index (χ1v) is 11.6. The van der Waals surface area contributed by atoms with E-state index in [1.54, 1.807) is 44.3 Å². The van der Waals surface area contributed by atoms with Crippen LogP contribution in [-0.4, -0.2) is 28.8 Å². The number of hydrogen-bond acceptors (Lipinski definition) is 7. The molecule has 0 aliphatic carbocycles. The number of nitrogens with one attached hydrogen (secondary N) is 1. The Balaban J connectivity index is 2.02. The van der Waals surface area contributed by atoms with E-state index in [-0.39, 0.29) is 21.3 Å². The number of anilines is 1. The van der Waals surface area contributed by atoms with Crippen LogP contribution in [0.15, 0.2) is 79.9 Å². The summed E-state index contributed by atoms with van der Waals surface area (Å²) in [6, 6.07) is 12.4. The number of nitrogens with two attached hydrogens (primary N) is 1. The monoisotopic (exact) mass is 504 g/mol. The van der Waals surface area contributed by atoms with Gasteiger partial charge in [0.25, 0.3) is 21.5 Å². The molecule has 0 bridgehead atoms. The Morgan fingerprint density at radius 2 is 1.82 bits per heavy atom. The zero-order valence-corrected chi connectivity index (χ0v) is 19.9. The molecule has 1 amide bonds. The minimum absolute atomic E-state index is 0.0319. The SMILES string of the molecule is C/C(O)=C(/N=Nc1cc(S(=O)(=O)Nc2c(C)n(C)n(-c3ccccc3)c2=O)ccc1Cl)C(N)=O. The lowest BCUT2D eigenvalue weighted by Crippen LogP contribution is -2.23. The molecule has 0 saturated carbocycles. The highest BCUT2D eigenvalue weighted by Crippen LogP contribution is 2.30. The van der Waals surface area contributed by atoms with E-state index in [4.69, 9.17) is 17.3 Å². The number of para-hydroxylation sites is 1. The van der Waals surface area contributed by atoms with Gasteiger partial charge in [-0.2, -0.15) is 0 Å². The molecule has 0 aliphatic heterocycles. The zero-order chi connectivity index (χ0) is 25.2. The van der Waals surface area contributed by atoms with Gasteiger partial charge in [0, 0.05) is 7.05 Å². The van der Waals surface area contributed by atoms with Crippen molar-refractivity contribution < 1.29 is 18.3 Å². The first-order valence-electron chi connectivity index (χ1n) is 9.72. The summed E-state index contributed by atoms with van der Waals surface area (Å²) in [5.74, 6) is -1.49. The topological polar surface area (TPSA) is 161 Å². The molecule has 34 heavy (non-hydrogen) atoms. The Morgan fingerprint density at radius 1 is 1.18 bits per heavy atom. The molecule has 0 radical (unpaired) electrons. The van der Waals surface area contributed by atoms with E-state index in [1.165, 1.54) is 28.4 Å². The fourth-order valence-corrected chi connectivity index (χ4v) is 4.31. The summed E-state index contributed by atoms with van der Waals surface area (Å²) < 4.78 is 31.3. The molecule has 13 heteroatoms. The number of aliphatic hydroxyl groups is 1. The van der Waals surface area contributed by atoms with Gasteiger partial charge in [-0.25, -0.2) is 13.1 Å². The van der Waals surface area contributed by atoms with Crippen LogP contribution < -0.4 is 16.0 Å². The Labute approximate surface area is 199 Å². The van der Waals surface area contributed by atoms with Crippen molar-refractivity contribution in [3.05, 3.63) is 81.1 Å². The molecule has 11 nitrogen and oxygen atoms in total. The van der Waals surface area contributed by atoms with Gasteiger partial charge in [-0.3, -0.25) is 19.0 Å². The predicted octanol–water partition coefficient (Wildman–Crippen LogP) is 3.30. The number of rotatable bonds is 7. The molecule has 0 unspecified atom stereocenters. The lowest BCUT2D eigenvalue weighted by Gasteiger charge is -2.08. The number of hydrogen-bond donors (Lipinski definition) is 3. The van der Waals surface area contributed by atoms with Gasteiger partial charge in [-0.15, -0.1) is 10.2 Å². The third-order valence-corrected chi connectivity index (χ3v) is 6.52. The van der Waals surface area contributed by atoms with Gasteiger partial charge < -0.3 is 10.8 Å². The number of amides is 1. The second-order valence-electron chi connectivity index (χ2n) is 7.15. The number of nitrogens with zero attached hydrogens (tertiary/aromatic N) is 4. The summed E-state index contributed by atoms with van der Waals surface area (Å²) in [5, 5.41) is 16.8. The highest BCUT2D eigenvalue weighted by atomic mass is 35.5. The second-order valence-corrected chi connectivity index (χ2v) is 9.24. The number of azo groups is 1. The summed E-state index contributed by atoms with van der Waals surface area (Å²) in [4.78, 5) is 24.1. The molecule has 0 atom stereocenters. The summed E-state index contributed by atoms with van der Waals surface area (Å²) in [6.45, 7) is 2.80. The number of allylic oxidation sites excluding steroid dienone is 1. The minimum Gasteiger partial charge on any atom is -0.510 e. The fraction of sp³-hybridized carbons (Fsp3) is 0.143. The average molecular weight is 505 g/mol. The number of aliphatic hydroxyl groups excluding tert-OH is 1. The summed E-state index contributed by atoms with van der Waals surface area (Å²) in [7, 11) is -2.61. The van der Waals surface area contributed by atoms with Gasteiger partial charge in [0.2, 0.25) is 0 Å². The molecule has 0 saturated heterocycles. The molecule has 0 fully saturated rings. The van der Waals surface area contributed by atoms with Crippen LogP contribution in [0.2, 0.25) is 5.02 Å². The maximum atomic E-state index is 13.1. The summed E-state index contributed by atoms with van der Waals surface area (Å²) in [5.41, 5.74) is 4.79. The molecule has 1 heterocycles. The van der Waals surface area contributed by atoms with E-state index in [2.05, 4.69) is 15.0 Å². The van der Waals surface area contributed by atoms with Gasteiger partial charge in [0.05, 0.1) is 21.3 Å². The van der Waals surface area contributed by atoms with Crippen molar-refractivity contribution in [1.29, 1.82) is 0 Å². The van der Waals surface area contributed by atoms with Crippen molar-refractivity contribution in [3.8, 4) is 5.69 Å². The largest absolute Gasteiger partial charge is 0.510 e. The van der Waals surface area contributed by atoms with Crippen molar-refractivity contribution in [2.45, 2.75) is 18.7 Å². The third kappa shape index (κ3) is 4.87. The van der Waals surface area contributed by atoms with Crippen molar-refractivity contribution in [2.75, 3.05) is 4.72 Å². The molecule has 0 spiro atoms. The van der Waals surface area contributed by atoms with E-state index in [0.717, 1.165) is 6.07 Å². The maximum Gasteiger partial charge on any atom is 0.296 e. The Hall–Kier alpha value is -3.90. The van der Waals surface area contributed by atoms with Gasteiger partial charge >= 0.3 is 0 Å². The van der Waals surface area contributed by atoms with E-state index in [0.29, 0.717) is 11.4 Å². The van der Waals surface area contributed by atoms with Gasteiger partial charge in [-0.1, -0.05) is 29.8 Å². The van der Waals surface area contributed by atoms with Crippen LogP contribution in [0.4, 0.5) is 11.4 Å². The van der Waals surface area contributed by atoms with Crippen LogP contribution in [0.25, 0.3) is 5.69 Å². The van der Waals surface area contributed by atoms with Gasteiger partial charge in [0.15, 0.2) is 5.70 Å². The molecule has 2 aromatic carbocycles. The van der Waals surface area contributed by atoms with E-state index in [9.17, 15) is 23.1 Å². The fourth-order valence-electron chi connectivity index (χ4n) is 3.02. The third-order valence-electron chi connectivity index (χ3n) is 4.85. The molecular weight excluding hydrogens is 484 g/mol. The molecule has 1 aromatic heterocycles. The first kappa shape index (κ1) is 24.7. The second kappa shape index (κ2) is 9.53. The van der Waals surface area contributed by atoms with E-state index < -0.39 is 32.9 Å². The number of halogens is 1. The molecule has 4 N–H and O–H groups in total. The average Bonchev–Trinajstić information content (AvgIpc) is 2.98. The predicted molar refractivity (Wildman–Crippen MR) is 127 cm³/mol. The van der Waals surface area contributed by atoms with Crippen LogP contribution in [-0.2, 0) is 21.9 Å². The van der Waals surface area contributed by atoms with E-state index >= 15 is 0 Å².